The number of hydrogen-bond acceptors (Lipinski definition) is 4. The molecule has 0 spiro atoms. The molecule has 1 aliphatic rings. The SMILES string of the molecule is CNC1CCCN(Cc2ncc(-c3cccc(F)c3)o2)C1. The fourth-order valence-electron chi connectivity index (χ4n) is 2.78. The van der Waals surface area contributed by atoms with Crippen molar-refractivity contribution in [2.24, 2.45) is 0 Å². The van der Waals surface area contributed by atoms with Crippen LogP contribution in [0.2, 0.25) is 0 Å². The lowest BCUT2D eigenvalue weighted by molar-refractivity contribution is 0.173. The van der Waals surface area contributed by atoms with Crippen molar-refractivity contribution in [2.75, 3.05) is 20.1 Å². The minimum absolute atomic E-state index is 0.265. The number of aromatic nitrogens is 1. The Kier molecular flexibility index (Phi) is 4.31. The molecular weight excluding hydrogens is 269 g/mol. The van der Waals surface area contributed by atoms with E-state index >= 15 is 0 Å². The molecule has 1 aromatic carbocycles. The summed E-state index contributed by atoms with van der Waals surface area (Å²) in [5, 5.41) is 3.32. The Labute approximate surface area is 124 Å². The van der Waals surface area contributed by atoms with Crippen molar-refractivity contribution >= 4 is 0 Å². The summed E-state index contributed by atoms with van der Waals surface area (Å²) < 4.78 is 19.0. The Morgan fingerprint density at radius 2 is 2.38 bits per heavy atom. The van der Waals surface area contributed by atoms with Crippen LogP contribution < -0.4 is 5.32 Å². The summed E-state index contributed by atoms with van der Waals surface area (Å²) >= 11 is 0. The Hall–Kier alpha value is -1.72. The number of benzene rings is 1. The van der Waals surface area contributed by atoms with Crippen LogP contribution in [0.15, 0.2) is 34.9 Å². The highest BCUT2D eigenvalue weighted by atomic mass is 19.1. The van der Waals surface area contributed by atoms with Crippen molar-refractivity contribution in [1.29, 1.82) is 0 Å². The van der Waals surface area contributed by atoms with E-state index < -0.39 is 0 Å². The number of nitrogens with zero attached hydrogens (tertiary/aromatic N) is 2. The maximum atomic E-state index is 13.2. The minimum atomic E-state index is -0.265. The number of rotatable bonds is 4. The quantitative estimate of drug-likeness (QED) is 0.939. The molecule has 2 aromatic rings. The van der Waals surface area contributed by atoms with Crippen molar-refractivity contribution in [2.45, 2.75) is 25.4 Å². The Morgan fingerprint density at radius 3 is 3.19 bits per heavy atom. The molecule has 1 N–H and O–H groups in total. The lowest BCUT2D eigenvalue weighted by atomic mass is 10.1. The zero-order valence-corrected chi connectivity index (χ0v) is 12.2. The van der Waals surface area contributed by atoms with Crippen LogP contribution in [0.1, 0.15) is 18.7 Å². The minimum Gasteiger partial charge on any atom is -0.439 e. The third-order valence-electron chi connectivity index (χ3n) is 3.94. The second-order valence-electron chi connectivity index (χ2n) is 5.49. The molecule has 4 nitrogen and oxygen atoms in total. The first-order valence-electron chi connectivity index (χ1n) is 7.35. The van der Waals surface area contributed by atoms with Crippen molar-refractivity contribution in [1.82, 2.24) is 15.2 Å². The second-order valence-corrected chi connectivity index (χ2v) is 5.49. The highest BCUT2D eigenvalue weighted by molar-refractivity contribution is 5.56. The van der Waals surface area contributed by atoms with Gasteiger partial charge in [-0.1, -0.05) is 12.1 Å². The van der Waals surface area contributed by atoms with Crippen molar-refractivity contribution in [3.05, 3.63) is 42.2 Å². The molecule has 1 aromatic heterocycles. The average molecular weight is 289 g/mol. The first kappa shape index (κ1) is 14.2. The molecule has 0 aliphatic carbocycles. The van der Waals surface area contributed by atoms with Gasteiger partial charge in [-0.05, 0) is 38.6 Å². The van der Waals surface area contributed by atoms with Gasteiger partial charge in [-0.15, -0.1) is 0 Å². The molecule has 0 amide bonds. The number of oxazole rings is 1. The lowest BCUT2D eigenvalue weighted by Crippen LogP contribution is -2.43. The van der Waals surface area contributed by atoms with Gasteiger partial charge in [-0.25, -0.2) is 9.37 Å². The molecule has 1 atom stereocenters. The standard InChI is InChI=1S/C16H20FN3O/c1-18-14-6-3-7-20(10-14)11-16-19-9-15(21-16)12-4-2-5-13(17)8-12/h2,4-5,8-9,14,18H,3,6-7,10-11H2,1H3. The first-order chi connectivity index (χ1) is 10.2. The molecule has 5 heteroatoms. The lowest BCUT2D eigenvalue weighted by Gasteiger charge is -2.31. The van der Waals surface area contributed by atoms with Crippen LogP contribution in [0.3, 0.4) is 0 Å². The number of likely N-dealkylation sites (tertiary alicyclic amines) is 1. The fourth-order valence-corrected chi connectivity index (χ4v) is 2.78. The molecule has 112 valence electrons. The fraction of sp³-hybridized carbons (Fsp3) is 0.438. The normalized spacial score (nSPS) is 19.8. The van der Waals surface area contributed by atoms with Crippen LogP contribution in [0.4, 0.5) is 4.39 Å². The van der Waals surface area contributed by atoms with Gasteiger partial charge in [0, 0.05) is 18.2 Å². The van der Waals surface area contributed by atoms with Crippen LogP contribution >= 0.6 is 0 Å². The van der Waals surface area contributed by atoms with E-state index in [2.05, 4.69) is 15.2 Å². The van der Waals surface area contributed by atoms with Gasteiger partial charge in [-0.2, -0.15) is 0 Å². The number of nitrogens with one attached hydrogen (secondary N) is 1. The van der Waals surface area contributed by atoms with Gasteiger partial charge in [0.15, 0.2) is 5.76 Å². The topological polar surface area (TPSA) is 41.3 Å². The van der Waals surface area contributed by atoms with Gasteiger partial charge < -0.3 is 9.73 Å². The predicted octanol–water partition coefficient (Wildman–Crippen LogP) is 2.66. The molecule has 0 bridgehead atoms. The van der Waals surface area contributed by atoms with Crippen molar-refractivity contribution in [3.63, 3.8) is 0 Å². The average Bonchev–Trinajstić information content (AvgIpc) is 2.96. The van der Waals surface area contributed by atoms with Gasteiger partial charge in [-0.3, -0.25) is 4.90 Å². The molecule has 21 heavy (non-hydrogen) atoms. The molecular formula is C16H20FN3O. The maximum absolute atomic E-state index is 13.2. The predicted molar refractivity (Wildman–Crippen MR) is 79.3 cm³/mol. The Balaban J connectivity index is 1.68. The van der Waals surface area contributed by atoms with E-state index in [0.29, 0.717) is 24.2 Å². The summed E-state index contributed by atoms with van der Waals surface area (Å²) in [5.41, 5.74) is 0.723. The van der Waals surface area contributed by atoms with Gasteiger partial charge in [0.2, 0.25) is 5.89 Å². The number of halogens is 1. The van der Waals surface area contributed by atoms with E-state index in [1.807, 2.05) is 13.1 Å². The van der Waals surface area contributed by atoms with E-state index in [1.165, 1.54) is 25.0 Å². The number of piperidine rings is 1. The van der Waals surface area contributed by atoms with Crippen molar-refractivity contribution < 1.29 is 8.81 Å². The van der Waals surface area contributed by atoms with Crippen LogP contribution in [0.25, 0.3) is 11.3 Å². The second kappa shape index (κ2) is 6.37. The van der Waals surface area contributed by atoms with E-state index in [9.17, 15) is 4.39 Å². The molecule has 1 aliphatic heterocycles. The van der Waals surface area contributed by atoms with Gasteiger partial charge >= 0.3 is 0 Å². The van der Waals surface area contributed by atoms with Gasteiger partial charge in [0.05, 0.1) is 12.7 Å². The molecule has 3 rings (SSSR count). The molecule has 1 fully saturated rings. The molecule has 0 radical (unpaired) electrons. The summed E-state index contributed by atoms with van der Waals surface area (Å²) in [5.74, 6) is 1.04. The first-order valence-corrected chi connectivity index (χ1v) is 7.35. The third-order valence-corrected chi connectivity index (χ3v) is 3.94. The Morgan fingerprint density at radius 1 is 1.48 bits per heavy atom. The summed E-state index contributed by atoms with van der Waals surface area (Å²) in [7, 11) is 2.00. The maximum Gasteiger partial charge on any atom is 0.209 e. The highest BCUT2D eigenvalue weighted by Gasteiger charge is 2.20. The summed E-state index contributed by atoms with van der Waals surface area (Å²) in [6, 6.07) is 6.92. The van der Waals surface area contributed by atoms with Crippen LogP contribution in [-0.4, -0.2) is 36.1 Å². The summed E-state index contributed by atoms with van der Waals surface area (Å²) in [4.78, 5) is 6.66. The summed E-state index contributed by atoms with van der Waals surface area (Å²) in [6.07, 6.45) is 4.07. The molecule has 1 unspecified atom stereocenters. The largest absolute Gasteiger partial charge is 0.439 e. The van der Waals surface area contributed by atoms with Gasteiger partial charge in [0.25, 0.3) is 0 Å². The van der Waals surface area contributed by atoms with Crippen molar-refractivity contribution in [3.8, 4) is 11.3 Å². The monoisotopic (exact) mass is 289 g/mol. The van der Waals surface area contributed by atoms with E-state index in [0.717, 1.165) is 18.7 Å². The number of hydrogen-bond donors (Lipinski definition) is 1. The molecule has 2 heterocycles. The zero-order valence-electron chi connectivity index (χ0n) is 12.2. The van der Waals surface area contributed by atoms with E-state index in [1.54, 1.807) is 12.3 Å². The van der Waals surface area contributed by atoms with Crippen LogP contribution in [-0.2, 0) is 6.54 Å². The third kappa shape index (κ3) is 3.49. The van der Waals surface area contributed by atoms with Crippen LogP contribution in [0.5, 0.6) is 0 Å². The molecule has 1 saturated heterocycles. The smallest absolute Gasteiger partial charge is 0.209 e. The van der Waals surface area contributed by atoms with E-state index in [4.69, 9.17) is 4.42 Å². The van der Waals surface area contributed by atoms with Crippen LogP contribution in [0, 0.1) is 5.82 Å². The summed E-state index contributed by atoms with van der Waals surface area (Å²) in [6.45, 7) is 2.78. The van der Waals surface area contributed by atoms with Gasteiger partial charge in [0.1, 0.15) is 5.82 Å². The highest BCUT2D eigenvalue weighted by Crippen LogP contribution is 2.22. The zero-order chi connectivity index (χ0) is 14.7. The Bertz CT molecular complexity index is 599. The van der Waals surface area contributed by atoms with E-state index in [-0.39, 0.29) is 5.82 Å². The molecule has 0 saturated carbocycles. The number of likely N-dealkylation sites (N-methyl/N-ethyl adjacent to an activating group) is 1.